The summed E-state index contributed by atoms with van der Waals surface area (Å²) in [5.41, 5.74) is 27.2. The second-order valence-corrected chi connectivity index (χ2v) is 26.5. The quantitative estimate of drug-likeness (QED) is 0.122. The molecule has 0 aliphatic carbocycles. The molecule has 7 heteroatoms. The molecule has 0 fully saturated rings. The highest BCUT2D eigenvalue weighted by atomic mass is 15.0. The molecular formula is C98H65N7. The minimum Gasteiger partial charge on any atom is -0.309 e. The Morgan fingerprint density at radius 1 is 0.143 bits per heavy atom. The predicted molar refractivity (Wildman–Crippen MR) is 436 cm³/mol. The lowest BCUT2D eigenvalue weighted by Gasteiger charge is -2.16. The van der Waals surface area contributed by atoms with Gasteiger partial charge in [-0.25, -0.2) is 19.9 Å². The highest BCUT2D eigenvalue weighted by molar-refractivity contribution is 6.12. The molecule has 0 amide bonds. The molecule has 7 nitrogen and oxygen atoms in total. The minimum absolute atomic E-state index is 0.709. The van der Waals surface area contributed by atoms with Crippen LogP contribution in [0.2, 0.25) is 0 Å². The van der Waals surface area contributed by atoms with Gasteiger partial charge in [0.05, 0.1) is 55.9 Å². The Morgan fingerprint density at radius 3 is 0.657 bits per heavy atom. The highest BCUT2D eigenvalue weighted by Crippen LogP contribution is 2.41. The van der Waals surface area contributed by atoms with E-state index in [2.05, 4.69) is 359 Å². The van der Waals surface area contributed by atoms with Crippen LogP contribution in [0.5, 0.6) is 0 Å². The Morgan fingerprint density at radius 2 is 0.352 bits per heavy atom. The lowest BCUT2D eigenvalue weighted by atomic mass is 10.0. The fourth-order valence-electron chi connectivity index (χ4n) is 15.1. The van der Waals surface area contributed by atoms with Crippen LogP contribution in [0, 0.1) is 0 Å². The molecule has 0 saturated carbocycles. The molecule has 0 saturated heterocycles. The molecule has 0 aliphatic rings. The molecule has 20 aromatic rings. The van der Waals surface area contributed by atoms with E-state index in [1.54, 1.807) is 0 Å². The van der Waals surface area contributed by atoms with E-state index >= 15 is 0 Å². The topological polar surface area (TPSA) is 66.3 Å². The van der Waals surface area contributed by atoms with E-state index in [9.17, 15) is 0 Å². The molecule has 0 radical (unpaired) electrons. The number of hydrogen-bond donors (Lipinski definition) is 0. The summed E-state index contributed by atoms with van der Waals surface area (Å²) in [6, 6.07) is 140. The first-order valence-electron chi connectivity index (χ1n) is 35.6. The van der Waals surface area contributed by atoms with Crippen LogP contribution in [0.25, 0.3) is 184 Å². The van der Waals surface area contributed by atoms with E-state index < -0.39 is 0 Å². The smallest absolute Gasteiger partial charge is 0.160 e. The first kappa shape index (κ1) is 61.9. The van der Waals surface area contributed by atoms with Crippen molar-refractivity contribution in [2.75, 3.05) is 0 Å². The largest absolute Gasteiger partial charge is 0.309 e. The summed E-state index contributed by atoms with van der Waals surface area (Å²) < 4.78 is 7.18. The van der Waals surface area contributed by atoms with E-state index in [1.165, 1.54) is 82.1 Å². The number of rotatable bonds is 12. The van der Waals surface area contributed by atoms with Gasteiger partial charge in [0.25, 0.3) is 0 Å². The zero-order valence-corrected chi connectivity index (χ0v) is 57.2. The van der Waals surface area contributed by atoms with E-state index in [0.29, 0.717) is 11.6 Å². The Labute approximate surface area is 607 Å². The fourth-order valence-corrected chi connectivity index (χ4v) is 15.1. The third kappa shape index (κ3) is 11.7. The van der Waals surface area contributed by atoms with Crippen LogP contribution >= 0.6 is 0 Å². The molecule has 20 rings (SSSR count). The predicted octanol–water partition coefficient (Wildman–Crippen LogP) is 25.2. The van der Waals surface area contributed by atoms with Crippen molar-refractivity contribution < 1.29 is 0 Å². The lowest BCUT2D eigenvalue weighted by Crippen LogP contribution is -2.00. The number of benzene rings is 15. The van der Waals surface area contributed by atoms with Gasteiger partial charge in [-0.1, -0.05) is 315 Å². The summed E-state index contributed by atoms with van der Waals surface area (Å²) in [5.74, 6) is 1.42. The molecule has 0 N–H and O–H groups in total. The van der Waals surface area contributed by atoms with E-state index in [1.807, 2.05) is 48.5 Å². The second kappa shape index (κ2) is 26.8. The van der Waals surface area contributed by atoms with E-state index in [4.69, 9.17) is 19.9 Å². The third-order valence-electron chi connectivity index (χ3n) is 20.2. The lowest BCUT2D eigenvalue weighted by molar-refractivity contribution is 1.13. The summed E-state index contributed by atoms with van der Waals surface area (Å²) in [5, 5.41) is 7.50. The SMILES string of the molecule is c1ccc(-c2cc(-c3ccc(-c4cc(-n5c6ccccc6c6ccccc65)cc(-n5c6ccccc6c6ccccc65)c4)cc3)nc(-c3ccccc3)n2)cc1.c1ccc(-c2ccc(-c3cc(-c4ccc(-c5ccc(-n6c7ccccc7c7ccccc76)cc5)cc4)nc(-c4ccccc4)n3)cc2)cc1. The molecule has 0 aliphatic heterocycles. The molecular weight excluding hydrogens is 1280 g/mol. The summed E-state index contributed by atoms with van der Waals surface area (Å²) in [7, 11) is 0. The second-order valence-electron chi connectivity index (χ2n) is 26.5. The molecule has 5 aromatic heterocycles. The van der Waals surface area contributed by atoms with Crippen LogP contribution in [0.3, 0.4) is 0 Å². The van der Waals surface area contributed by atoms with Crippen LogP contribution in [0.4, 0.5) is 0 Å². The van der Waals surface area contributed by atoms with Gasteiger partial charge in [-0.2, -0.15) is 0 Å². The van der Waals surface area contributed by atoms with Gasteiger partial charge in [0.15, 0.2) is 11.6 Å². The average Bonchev–Trinajstić information content (AvgIpc) is 1.60. The van der Waals surface area contributed by atoms with Crippen LogP contribution in [0.1, 0.15) is 0 Å². The minimum atomic E-state index is 0.709. The van der Waals surface area contributed by atoms with Gasteiger partial charge in [0.1, 0.15) is 0 Å². The first-order valence-corrected chi connectivity index (χ1v) is 35.6. The first-order chi connectivity index (χ1) is 52.0. The van der Waals surface area contributed by atoms with Crippen LogP contribution in [0.15, 0.2) is 394 Å². The Balaban J connectivity index is 0.000000145. The normalized spacial score (nSPS) is 11.4. The zero-order valence-electron chi connectivity index (χ0n) is 57.2. The molecule has 15 aromatic carbocycles. The van der Waals surface area contributed by atoms with Crippen LogP contribution < -0.4 is 0 Å². The van der Waals surface area contributed by atoms with Gasteiger partial charge in [0, 0.05) is 82.8 Å². The molecule has 0 spiro atoms. The third-order valence-corrected chi connectivity index (χ3v) is 20.2. The molecule has 5 heterocycles. The van der Waals surface area contributed by atoms with Gasteiger partial charge in [-0.3, -0.25) is 0 Å². The van der Waals surface area contributed by atoms with Crippen molar-refractivity contribution in [2.45, 2.75) is 0 Å². The van der Waals surface area contributed by atoms with Crippen molar-refractivity contribution in [2.24, 2.45) is 0 Å². The molecule has 0 unspecified atom stereocenters. The van der Waals surface area contributed by atoms with Crippen LogP contribution in [-0.4, -0.2) is 33.6 Å². The number of aromatic nitrogens is 7. The van der Waals surface area contributed by atoms with Crippen molar-refractivity contribution in [3.8, 4) is 118 Å². The maximum atomic E-state index is 5.10. The van der Waals surface area contributed by atoms with Crippen molar-refractivity contribution in [1.29, 1.82) is 0 Å². The number of hydrogen-bond acceptors (Lipinski definition) is 4. The highest BCUT2D eigenvalue weighted by Gasteiger charge is 2.20. The Hall–Kier alpha value is -14.1. The van der Waals surface area contributed by atoms with Crippen molar-refractivity contribution in [1.82, 2.24) is 33.6 Å². The maximum Gasteiger partial charge on any atom is 0.160 e. The Kier molecular flexibility index (Phi) is 15.8. The van der Waals surface area contributed by atoms with Gasteiger partial charge >= 0.3 is 0 Å². The summed E-state index contributed by atoms with van der Waals surface area (Å²) in [4.78, 5) is 20.2. The van der Waals surface area contributed by atoms with Gasteiger partial charge < -0.3 is 13.7 Å². The monoisotopic (exact) mass is 1340 g/mol. The van der Waals surface area contributed by atoms with Gasteiger partial charge in [0.2, 0.25) is 0 Å². The van der Waals surface area contributed by atoms with Crippen LogP contribution in [-0.2, 0) is 0 Å². The zero-order chi connectivity index (χ0) is 69.6. The van der Waals surface area contributed by atoms with Crippen molar-refractivity contribution in [3.63, 3.8) is 0 Å². The molecule has 105 heavy (non-hydrogen) atoms. The van der Waals surface area contributed by atoms with Crippen molar-refractivity contribution >= 4 is 65.4 Å². The number of nitrogens with zero attached hydrogens (tertiary/aromatic N) is 7. The fraction of sp³-hybridized carbons (Fsp3) is 0. The summed E-state index contributed by atoms with van der Waals surface area (Å²) in [6.45, 7) is 0. The van der Waals surface area contributed by atoms with Gasteiger partial charge in [-0.05, 0) is 112 Å². The maximum absolute atomic E-state index is 5.10. The summed E-state index contributed by atoms with van der Waals surface area (Å²) >= 11 is 0. The van der Waals surface area contributed by atoms with Gasteiger partial charge in [-0.15, -0.1) is 0 Å². The summed E-state index contributed by atoms with van der Waals surface area (Å²) in [6.07, 6.45) is 0. The van der Waals surface area contributed by atoms with E-state index in [0.717, 1.165) is 89.9 Å². The molecule has 0 atom stereocenters. The average molecular weight is 1340 g/mol. The number of para-hydroxylation sites is 6. The molecule has 0 bridgehead atoms. The molecule has 492 valence electrons. The Bertz CT molecular complexity index is 6230. The van der Waals surface area contributed by atoms with E-state index in [-0.39, 0.29) is 0 Å². The number of fused-ring (bicyclic) bond motifs is 9. The standard InChI is InChI=1S/C52H34N4.C46H31N3/c1-3-15-36(16-4-1)46-34-47(54-52(53-46)38-17-5-2-6-18-38)37-29-27-35(28-30-37)39-31-40(55-48-23-11-7-19-42(48)43-20-8-12-24-49(43)55)33-41(32-39)56-50-25-13-9-21-44(50)45-22-10-14-26-51(45)56;1-3-11-32(12-4-1)33-19-23-36(24-20-33)42-31-43(48-46(47-42)38-13-5-2-6-14-38)37-25-21-34(22-26-37)35-27-29-39(30-28-35)49-44-17-9-7-15-40(44)41-16-8-10-18-45(41)49/h1-34H;1-31H. The van der Waals surface area contributed by atoms with Crippen molar-refractivity contribution in [3.05, 3.63) is 394 Å².